The van der Waals surface area contributed by atoms with Gasteiger partial charge < -0.3 is 4.74 Å². The van der Waals surface area contributed by atoms with Gasteiger partial charge in [0.2, 0.25) is 0 Å². The molecule has 0 aromatic heterocycles. The number of aryl methyl sites for hydroxylation is 1. The first-order chi connectivity index (χ1) is 25.6. The summed E-state index contributed by atoms with van der Waals surface area (Å²) in [5.41, 5.74) is 15.5. The standard InChI is InChI=1S/C51H64OSi2/c1-14-29-52-49-47(30-34(4)31-48(49)54(12,13)51(7,8)9)53(10,11)50-45-32-37(41-23-19-17-21-39(41)35(5)15-2)25-27-43(45)44-28-26-38(33-46(44)50)42-24-20-18-22-40(42)36(6)16-3/h14,17-28,30-33,35-36,50H,1,15-16,29H2,2-13H3. The van der Waals surface area contributed by atoms with Gasteiger partial charge in [0.05, 0.1) is 16.1 Å². The van der Waals surface area contributed by atoms with E-state index in [2.05, 4.69) is 185 Å². The molecule has 0 heterocycles. The van der Waals surface area contributed by atoms with Crippen molar-refractivity contribution in [2.75, 3.05) is 6.61 Å². The third-order valence-electron chi connectivity index (χ3n) is 13.4. The second kappa shape index (κ2) is 15.3. The Labute approximate surface area is 330 Å². The van der Waals surface area contributed by atoms with Crippen LogP contribution in [0, 0.1) is 6.92 Å². The van der Waals surface area contributed by atoms with E-state index in [1.807, 2.05) is 6.08 Å². The molecular weight excluding hydrogens is 685 g/mol. The number of hydrogen-bond acceptors (Lipinski definition) is 1. The fraction of sp³-hybridized carbons (Fsp3) is 0.373. The van der Waals surface area contributed by atoms with Gasteiger partial charge in [0.25, 0.3) is 0 Å². The summed E-state index contributed by atoms with van der Waals surface area (Å²) in [5.74, 6) is 2.12. The minimum atomic E-state index is -2.41. The topological polar surface area (TPSA) is 9.23 Å². The largest absolute Gasteiger partial charge is 0.490 e. The molecule has 6 rings (SSSR count). The molecule has 54 heavy (non-hydrogen) atoms. The first-order valence-corrected chi connectivity index (χ1v) is 26.5. The molecule has 0 amide bonds. The summed E-state index contributed by atoms with van der Waals surface area (Å²) in [7, 11) is -4.40. The first kappa shape index (κ1) is 39.8. The predicted molar refractivity (Wildman–Crippen MR) is 243 cm³/mol. The molecule has 0 saturated carbocycles. The third-order valence-corrected chi connectivity index (χ3v) is 22.7. The van der Waals surface area contributed by atoms with Gasteiger partial charge in [0.1, 0.15) is 12.4 Å². The summed E-state index contributed by atoms with van der Waals surface area (Å²) >= 11 is 0. The molecule has 1 aliphatic rings. The van der Waals surface area contributed by atoms with E-state index in [4.69, 9.17) is 4.74 Å². The Bertz CT molecular complexity index is 2060. The summed E-state index contributed by atoms with van der Waals surface area (Å²) in [5, 5.41) is 3.04. The summed E-state index contributed by atoms with van der Waals surface area (Å²) in [6.45, 7) is 33.8. The van der Waals surface area contributed by atoms with Crippen LogP contribution in [0.1, 0.15) is 107 Å². The van der Waals surface area contributed by atoms with E-state index in [-0.39, 0.29) is 10.6 Å². The van der Waals surface area contributed by atoms with Crippen LogP contribution >= 0.6 is 0 Å². The zero-order chi connectivity index (χ0) is 39.2. The molecule has 282 valence electrons. The summed E-state index contributed by atoms with van der Waals surface area (Å²) in [6.07, 6.45) is 4.15. The first-order valence-electron chi connectivity index (χ1n) is 20.4. The molecule has 0 spiro atoms. The maximum absolute atomic E-state index is 6.92. The van der Waals surface area contributed by atoms with E-state index in [1.165, 1.54) is 71.6 Å². The Morgan fingerprint density at radius 1 is 0.667 bits per heavy atom. The number of benzene rings is 5. The fourth-order valence-electron chi connectivity index (χ4n) is 8.77. The van der Waals surface area contributed by atoms with Crippen molar-refractivity contribution in [2.24, 2.45) is 0 Å². The molecule has 5 aromatic carbocycles. The zero-order valence-corrected chi connectivity index (χ0v) is 37.3. The molecule has 0 bridgehead atoms. The van der Waals surface area contributed by atoms with Crippen LogP contribution in [-0.4, -0.2) is 22.8 Å². The molecule has 2 atom stereocenters. The van der Waals surface area contributed by atoms with Gasteiger partial charge in [0.15, 0.2) is 0 Å². The second-order valence-corrected chi connectivity index (χ2v) is 28.1. The summed E-state index contributed by atoms with van der Waals surface area (Å²) in [4.78, 5) is 0. The van der Waals surface area contributed by atoms with Gasteiger partial charge in [-0.1, -0.05) is 190 Å². The van der Waals surface area contributed by atoms with Crippen molar-refractivity contribution in [3.8, 4) is 39.1 Å². The Morgan fingerprint density at radius 3 is 1.57 bits per heavy atom. The van der Waals surface area contributed by atoms with Crippen LogP contribution in [-0.2, 0) is 0 Å². The average Bonchev–Trinajstić information content (AvgIpc) is 3.49. The molecular formula is C51H64OSi2. The molecule has 3 heteroatoms. The molecule has 0 fully saturated rings. The van der Waals surface area contributed by atoms with E-state index in [0.29, 0.717) is 18.4 Å². The number of hydrogen-bond donors (Lipinski definition) is 0. The lowest BCUT2D eigenvalue weighted by Crippen LogP contribution is -2.55. The number of fused-ring (bicyclic) bond motifs is 3. The summed E-state index contributed by atoms with van der Waals surface area (Å²) < 4.78 is 6.92. The molecule has 2 unspecified atom stereocenters. The molecule has 1 aliphatic carbocycles. The smallest absolute Gasteiger partial charge is 0.118 e. The maximum atomic E-state index is 6.92. The SMILES string of the molecule is C=CCOc1c([Si](C)(C)C2c3cc(-c4ccccc4C(C)CC)ccc3-c3ccc(-c4ccccc4C(C)CC)cc32)cc(C)cc1[Si](C)(C)C(C)(C)C. The Kier molecular flexibility index (Phi) is 11.3. The molecule has 0 radical (unpaired) electrons. The van der Waals surface area contributed by atoms with Crippen molar-refractivity contribution in [3.05, 3.63) is 138 Å². The maximum Gasteiger partial charge on any atom is 0.118 e. The lowest BCUT2D eigenvalue weighted by Gasteiger charge is -2.41. The highest BCUT2D eigenvalue weighted by Gasteiger charge is 2.47. The zero-order valence-electron chi connectivity index (χ0n) is 35.3. The van der Waals surface area contributed by atoms with Crippen molar-refractivity contribution in [3.63, 3.8) is 0 Å². The molecule has 0 N–H and O–H groups in total. The van der Waals surface area contributed by atoms with E-state index in [0.717, 1.165) is 18.6 Å². The summed E-state index contributed by atoms with van der Waals surface area (Å²) in [6, 6.07) is 37.9. The van der Waals surface area contributed by atoms with Crippen molar-refractivity contribution in [1.82, 2.24) is 0 Å². The van der Waals surface area contributed by atoms with E-state index >= 15 is 0 Å². The quantitative estimate of drug-likeness (QED) is 0.0912. The highest BCUT2D eigenvalue weighted by Crippen LogP contribution is 2.52. The van der Waals surface area contributed by atoms with Crippen LogP contribution in [0.15, 0.2) is 110 Å². The molecule has 1 nitrogen and oxygen atoms in total. The van der Waals surface area contributed by atoms with Crippen LogP contribution in [0.5, 0.6) is 5.75 Å². The lowest BCUT2D eigenvalue weighted by molar-refractivity contribution is 0.368. The van der Waals surface area contributed by atoms with Gasteiger partial charge in [-0.3, -0.25) is 0 Å². The van der Waals surface area contributed by atoms with Crippen LogP contribution in [0.3, 0.4) is 0 Å². The second-order valence-electron chi connectivity index (χ2n) is 18.2. The monoisotopic (exact) mass is 748 g/mol. The van der Waals surface area contributed by atoms with E-state index in [1.54, 1.807) is 0 Å². The lowest BCUT2D eigenvalue weighted by atomic mass is 9.89. The van der Waals surface area contributed by atoms with Crippen molar-refractivity contribution in [2.45, 2.75) is 117 Å². The number of rotatable bonds is 12. The fourth-order valence-corrected chi connectivity index (χ4v) is 14.8. The molecule has 0 aliphatic heterocycles. The van der Waals surface area contributed by atoms with E-state index < -0.39 is 16.1 Å². The molecule has 5 aromatic rings. The molecule has 0 saturated heterocycles. The average molecular weight is 749 g/mol. The van der Waals surface area contributed by atoms with Crippen molar-refractivity contribution in [1.29, 1.82) is 0 Å². The minimum absolute atomic E-state index is 0.165. The van der Waals surface area contributed by atoms with Crippen molar-refractivity contribution >= 4 is 26.5 Å². The van der Waals surface area contributed by atoms with E-state index in [9.17, 15) is 0 Å². The normalized spacial score (nSPS) is 15.4. The Hall–Kier alpha value is -3.93. The van der Waals surface area contributed by atoms with Gasteiger partial charge in [-0.2, -0.15) is 0 Å². The van der Waals surface area contributed by atoms with Crippen LogP contribution in [0.4, 0.5) is 0 Å². The van der Waals surface area contributed by atoms with Crippen LogP contribution < -0.4 is 15.1 Å². The van der Waals surface area contributed by atoms with Gasteiger partial charge >= 0.3 is 0 Å². The third kappa shape index (κ3) is 7.03. The van der Waals surface area contributed by atoms with Crippen LogP contribution in [0.2, 0.25) is 31.2 Å². The number of ether oxygens (including phenoxy) is 1. The van der Waals surface area contributed by atoms with Gasteiger partial charge in [-0.15, -0.1) is 0 Å². The Morgan fingerprint density at radius 2 is 1.13 bits per heavy atom. The highest BCUT2D eigenvalue weighted by atomic mass is 28.3. The minimum Gasteiger partial charge on any atom is -0.490 e. The van der Waals surface area contributed by atoms with Crippen molar-refractivity contribution < 1.29 is 4.74 Å². The van der Waals surface area contributed by atoms with Crippen LogP contribution in [0.25, 0.3) is 33.4 Å². The Balaban J connectivity index is 1.65. The predicted octanol–water partition coefficient (Wildman–Crippen LogP) is 13.9. The highest BCUT2D eigenvalue weighted by molar-refractivity contribution is 6.95. The van der Waals surface area contributed by atoms with Gasteiger partial charge in [0, 0.05) is 5.54 Å². The van der Waals surface area contributed by atoms with Gasteiger partial charge in [-0.25, -0.2) is 0 Å². The van der Waals surface area contributed by atoms with Gasteiger partial charge in [-0.05, 0) is 103 Å².